The van der Waals surface area contributed by atoms with E-state index >= 15 is 0 Å². The maximum atomic E-state index is 4.91. The number of aromatic nitrogens is 4. The standard InChI is InChI=1S/C18H27N5/c1-13(2)23-18(15-5-7-16(8-6-15)22(3)4)20-17(21-23)14-9-11-19-12-10-14/h9-13,15-16H,5-8H2,1-4H3. The van der Waals surface area contributed by atoms with E-state index in [1.54, 1.807) is 12.4 Å². The third-order valence-corrected chi connectivity index (χ3v) is 4.88. The maximum absolute atomic E-state index is 4.91. The number of nitrogens with zero attached hydrogens (tertiary/aromatic N) is 5. The molecule has 124 valence electrons. The molecule has 3 rings (SSSR count). The molecule has 0 radical (unpaired) electrons. The van der Waals surface area contributed by atoms with E-state index in [1.807, 2.05) is 12.1 Å². The van der Waals surface area contributed by atoms with Gasteiger partial charge in [-0.1, -0.05) is 0 Å². The Morgan fingerprint density at radius 1 is 1.09 bits per heavy atom. The van der Waals surface area contributed by atoms with Gasteiger partial charge in [-0.3, -0.25) is 4.98 Å². The molecule has 5 nitrogen and oxygen atoms in total. The zero-order chi connectivity index (χ0) is 16.4. The van der Waals surface area contributed by atoms with Crippen molar-refractivity contribution in [3.05, 3.63) is 30.4 Å². The summed E-state index contributed by atoms with van der Waals surface area (Å²) in [5, 5.41) is 4.78. The molecule has 0 spiro atoms. The molecule has 0 aliphatic heterocycles. The molecular formula is C18H27N5. The van der Waals surface area contributed by atoms with E-state index in [-0.39, 0.29) is 0 Å². The van der Waals surface area contributed by atoms with Crippen LogP contribution in [0, 0.1) is 0 Å². The van der Waals surface area contributed by atoms with Crippen LogP contribution in [0.25, 0.3) is 11.4 Å². The van der Waals surface area contributed by atoms with Gasteiger partial charge in [0.2, 0.25) is 0 Å². The van der Waals surface area contributed by atoms with Gasteiger partial charge in [0.05, 0.1) is 0 Å². The van der Waals surface area contributed by atoms with Crippen molar-refractivity contribution in [1.29, 1.82) is 0 Å². The van der Waals surface area contributed by atoms with Crippen molar-refractivity contribution < 1.29 is 0 Å². The minimum atomic E-state index is 0.333. The Morgan fingerprint density at radius 2 is 1.74 bits per heavy atom. The summed E-state index contributed by atoms with van der Waals surface area (Å²) in [5.74, 6) is 2.51. The third-order valence-electron chi connectivity index (χ3n) is 4.88. The van der Waals surface area contributed by atoms with Crippen LogP contribution in [0.3, 0.4) is 0 Å². The lowest BCUT2D eigenvalue weighted by Crippen LogP contribution is -2.32. The average Bonchev–Trinajstić information content (AvgIpc) is 3.01. The fourth-order valence-electron chi connectivity index (χ4n) is 3.47. The fraction of sp³-hybridized carbons (Fsp3) is 0.611. The van der Waals surface area contributed by atoms with Crippen molar-refractivity contribution in [1.82, 2.24) is 24.6 Å². The van der Waals surface area contributed by atoms with Gasteiger partial charge >= 0.3 is 0 Å². The third kappa shape index (κ3) is 3.44. The van der Waals surface area contributed by atoms with Gasteiger partial charge in [0.1, 0.15) is 5.82 Å². The zero-order valence-electron chi connectivity index (χ0n) is 14.6. The van der Waals surface area contributed by atoms with Crippen LogP contribution < -0.4 is 0 Å². The summed E-state index contributed by atoms with van der Waals surface area (Å²) in [7, 11) is 4.37. The normalized spacial score (nSPS) is 22.0. The Labute approximate surface area is 138 Å². The van der Waals surface area contributed by atoms with E-state index in [4.69, 9.17) is 10.1 Å². The largest absolute Gasteiger partial charge is 0.306 e. The highest BCUT2D eigenvalue weighted by molar-refractivity contribution is 5.53. The monoisotopic (exact) mass is 313 g/mol. The van der Waals surface area contributed by atoms with Gasteiger partial charge in [-0.05, 0) is 65.8 Å². The Hall–Kier alpha value is -1.75. The van der Waals surface area contributed by atoms with Crippen LogP contribution in [0.4, 0.5) is 0 Å². The molecule has 1 aliphatic carbocycles. The van der Waals surface area contributed by atoms with E-state index in [1.165, 1.54) is 25.7 Å². The number of pyridine rings is 1. The lowest BCUT2D eigenvalue weighted by Gasteiger charge is -2.32. The molecule has 23 heavy (non-hydrogen) atoms. The fourth-order valence-corrected chi connectivity index (χ4v) is 3.47. The number of hydrogen-bond acceptors (Lipinski definition) is 4. The van der Waals surface area contributed by atoms with Crippen molar-refractivity contribution in [2.45, 2.75) is 57.5 Å². The molecule has 1 aliphatic rings. The SMILES string of the molecule is CC(C)n1nc(-c2ccncc2)nc1C1CCC(N(C)C)CC1. The van der Waals surface area contributed by atoms with Crippen molar-refractivity contribution in [2.24, 2.45) is 0 Å². The molecule has 0 aromatic carbocycles. The van der Waals surface area contributed by atoms with Crippen LogP contribution in [0.2, 0.25) is 0 Å². The van der Waals surface area contributed by atoms with E-state index in [0.29, 0.717) is 18.0 Å². The van der Waals surface area contributed by atoms with Crippen LogP contribution in [-0.2, 0) is 0 Å². The van der Waals surface area contributed by atoms with Gasteiger partial charge in [0.25, 0.3) is 0 Å². The average molecular weight is 313 g/mol. The first-order chi connectivity index (χ1) is 11.1. The molecule has 0 atom stereocenters. The summed E-state index contributed by atoms with van der Waals surface area (Å²) in [6.45, 7) is 4.36. The summed E-state index contributed by atoms with van der Waals surface area (Å²) >= 11 is 0. The van der Waals surface area contributed by atoms with Crippen molar-refractivity contribution in [2.75, 3.05) is 14.1 Å². The molecule has 0 unspecified atom stereocenters. The zero-order valence-corrected chi connectivity index (χ0v) is 14.6. The first-order valence-corrected chi connectivity index (χ1v) is 8.59. The van der Waals surface area contributed by atoms with Crippen LogP contribution in [0.15, 0.2) is 24.5 Å². The second-order valence-electron chi connectivity index (χ2n) is 7.04. The summed E-state index contributed by atoms with van der Waals surface area (Å²) in [5.41, 5.74) is 1.04. The van der Waals surface area contributed by atoms with Gasteiger partial charge in [-0.15, -0.1) is 0 Å². The molecule has 5 heteroatoms. The van der Waals surface area contributed by atoms with Crippen LogP contribution in [0.1, 0.15) is 57.3 Å². The minimum absolute atomic E-state index is 0.333. The van der Waals surface area contributed by atoms with Crippen LogP contribution >= 0.6 is 0 Å². The maximum Gasteiger partial charge on any atom is 0.181 e. The molecule has 2 heterocycles. The number of hydrogen-bond donors (Lipinski definition) is 0. The van der Waals surface area contributed by atoms with Gasteiger partial charge in [-0.25, -0.2) is 9.67 Å². The summed E-state index contributed by atoms with van der Waals surface area (Å²) < 4.78 is 2.12. The van der Waals surface area contributed by atoms with Crippen molar-refractivity contribution in [3.8, 4) is 11.4 Å². The Morgan fingerprint density at radius 3 is 2.30 bits per heavy atom. The highest BCUT2D eigenvalue weighted by Crippen LogP contribution is 2.35. The van der Waals surface area contributed by atoms with E-state index in [0.717, 1.165) is 17.2 Å². The predicted molar refractivity (Wildman–Crippen MR) is 92.3 cm³/mol. The van der Waals surface area contributed by atoms with Gasteiger partial charge in [0, 0.05) is 36.0 Å². The van der Waals surface area contributed by atoms with Crippen LogP contribution in [-0.4, -0.2) is 44.8 Å². The van der Waals surface area contributed by atoms with Gasteiger partial charge < -0.3 is 4.90 Å². The molecule has 0 saturated heterocycles. The van der Waals surface area contributed by atoms with Crippen molar-refractivity contribution >= 4 is 0 Å². The van der Waals surface area contributed by atoms with Gasteiger partial charge in [-0.2, -0.15) is 5.10 Å². The second-order valence-corrected chi connectivity index (χ2v) is 7.04. The molecule has 0 amide bonds. The first-order valence-electron chi connectivity index (χ1n) is 8.59. The first kappa shape index (κ1) is 16.1. The number of rotatable bonds is 4. The topological polar surface area (TPSA) is 46.8 Å². The lowest BCUT2D eigenvalue weighted by molar-refractivity contribution is 0.211. The molecule has 1 saturated carbocycles. The molecule has 0 bridgehead atoms. The van der Waals surface area contributed by atoms with E-state index < -0.39 is 0 Å². The Balaban J connectivity index is 1.86. The molecule has 2 aromatic rings. The van der Waals surface area contributed by atoms with E-state index in [2.05, 4.69) is 42.5 Å². The van der Waals surface area contributed by atoms with Crippen molar-refractivity contribution in [3.63, 3.8) is 0 Å². The Kier molecular flexibility index (Phi) is 4.76. The smallest absolute Gasteiger partial charge is 0.181 e. The summed E-state index contributed by atoms with van der Waals surface area (Å²) in [4.78, 5) is 11.3. The molecule has 2 aromatic heterocycles. The molecule has 1 fully saturated rings. The van der Waals surface area contributed by atoms with E-state index in [9.17, 15) is 0 Å². The predicted octanol–water partition coefficient (Wildman–Crippen LogP) is 3.51. The molecular weight excluding hydrogens is 286 g/mol. The lowest BCUT2D eigenvalue weighted by atomic mass is 9.85. The highest BCUT2D eigenvalue weighted by Gasteiger charge is 2.28. The summed E-state index contributed by atoms with van der Waals surface area (Å²) in [6.07, 6.45) is 8.48. The van der Waals surface area contributed by atoms with Gasteiger partial charge in [0.15, 0.2) is 5.82 Å². The summed E-state index contributed by atoms with van der Waals surface area (Å²) in [6, 6.07) is 5.00. The van der Waals surface area contributed by atoms with Crippen LogP contribution in [0.5, 0.6) is 0 Å². The minimum Gasteiger partial charge on any atom is -0.306 e. The quantitative estimate of drug-likeness (QED) is 0.866. The second kappa shape index (κ2) is 6.79. The molecule has 0 N–H and O–H groups in total. The highest BCUT2D eigenvalue weighted by atomic mass is 15.4. The Bertz CT molecular complexity index is 624.